The van der Waals surface area contributed by atoms with E-state index in [1.54, 1.807) is 0 Å². The normalized spacial score (nSPS) is 11.6. The molecule has 0 radical (unpaired) electrons. The van der Waals surface area contributed by atoms with Crippen molar-refractivity contribution in [2.75, 3.05) is 19.8 Å². The predicted molar refractivity (Wildman–Crippen MR) is 164 cm³/mol. The zero-order valence-electron chi connectivity index (χ0n) is 25.2. The molecule has 0 N–H and O–H groups in total. The molecule has 0 aromatic heterocycles. The van der Waals surface area contributed by atoms with Crippen LogP contribution in [0.15, 0.2) is 48.5 Å². The maximum atomic E-state index is 12.0. The Morgan fingerprint density at radius 2 is 1.25 bits per heavy atom. The van der Waals surface area contributed by atoms with Gasteiger partial charge in [0.25, 0.3) is 0 Å². The second-order valence-electron chi connectivity index (χ2n) is 11.0. The van der Waals surface area contributed by atoms with Gasteiger partial charge >= 0.3 is 5.97 Å². The Morgan fingerprint density at radius 3 is 1.77 bits per heavy atom. The molecule has 0 spiro atoms. The van der Waals surface area contributed by atoms with Gasteiger partial charge in [-0.25, -0.2) is 0 Å². The van der Waals surface area contributed by atoms with E-state index in [1.165, 1.54) is 19.3 Å². The molecule has 0 fully saturated rings. The summed E-state index contributed by atoms with van der Waals surface area (Å²) in [7, 11) is 0. The summed E-state index contributed by atoms with van der Waals surface area (Å²) in [6.07, 6.45) is 13.9. The number of benzene rings is 2. The molecule has 0 unspecified atom stereocenters. The summed E-state index contributed by atoms with van der Waals surface area (Å²) in [4.78, 5) is 12.0. The number of carbonyl (C=O) groups excluding carboxylic acids is 1. The van der Waals surface area contributed by atoms with Gasteiger partial charge < -0.3 is 14.2 Å². The van der Waals surface area contributed by atoms with Crippen molar-refractivity contribution in [3.8, 4) is 17.6 Å². The van der Waals surface area contributed by atoms with Crippen molar-refractivity contribution in [1.82, 2.24) is 0 Å². The third kappa shape index (κ3) is 12.7. The number of ether oxygens (including phenoxy) is 3. The first-order valence-electron chi connectivity index (χ1n) is 15.1. The topological polar surface area (TPSA) is 68.6 Å². The molecular formula is C35H49NO4. The zero-order valence-corrected chi connectivity index (χ0v) is 25.2. The van der Waals surface area contributed by atoms with Gasteiger partial charge in [0.15, 0.2) is 0 Å². The van der Waals surface area contributed by atoms with E-state index >= 15 is 0 Å². The molecule has 5 heteroatoms. The number of carbonyl (C=O) groups is 1. The van der Waals surface area contributed by atoms with Crippen LogP contribution in [0.2, 0.25) is 0 Å². The van der Waals surface area contributed by atoms with E-state index in [-0.39, 0.29) is 11.4 Å². The van der Waals surface area contributed by atoms with Gasteiger partial charge in [-0.2, -0.15) is 5.26 Å². The number of nitrogens with zero attached hydrogens (tertiary/aromatic N) is 1. The van der Waals surface area contributed by atoms with Crippen LogP contribution >= 0.6 is 0 Å². The molecule has 0 saturated carbocycles. The average molecular weight is 548 g/mol. The lowest BCUT2D eigenvalue weighted by atomic mass is 9.91. The summed E-state index contributed by atoms with van der Waals surface area (Å²) in [6.45, 7) is 10.0. The lowest BCUT2D eigenvalue weighted by Crippen LogP contribution is -2.26. The predicted octanol–water partition coefficient (Wildman–Crippen LogP) is 9.41. The molecule has 5 nitrogen and oxygen atoms in total. The average Bonchev–Trinajstić information content (AvgIpc) is 2.97. The number of unbranched alkanes of at least 4 members (excludes halogenated alkanes) is 8. The van der Waals surface area contributed by atoms with Crippen LogP contribution in [0.5, 0.6) is 11.5 Å². The molecular weight excluding hydrogens is 498 g/mol. The van der Waals surface area contributed by atoms with Crippen LogP contribution in [-0.2, 0) is 9.53 Å². The molecule has 0 amide bonds. The molecule has 0 atom stereocenters. The zero-order chi connectivity index (χ0) is 29.1. The van der Waals surface area contributed by atoms with Gasteiger partial charge in [0, 0.05) is 0 Å². The van der Waals surface area contributed by atoms with Crippen LogP contribution in [0.25, 0.3) is 11.6 Å². The highest BCUT2D eigenvalue weighted by Gasteiger charge is 2.26. The Hall–Kier alpha value is -3.26. The van der Waals surface area contributed by atoms with Crippen molar-refractivity contribution in [3.05, 3.63) is 59.7 Å². The van der Waals surface area contributed by atoms with Crippen molar-refractivity contribution in [2.24, 2.45) is 5.41 Å². The van der Waals surface area contributed by atoms with E-state index in [0.29, 0.717) is 18.8 Å². The number of esters is 1. The van der Waals surface area contributed by atoms with Gasteiger partial charge in [-0.3, -0.25) is 4.79 Å². The lowest BCUT2D eigenvalue weighted by Gasteiger charge is -2.20. The molecule has 218 valence electrons. The van der Waals surface area contributed by atoms with Crippen LogP contribution in [0.4, 0.5) is 0 Å². The van der Waals surface area contributed by atoms with Crippen LogP contribution in [0.3, 0.4) is 0 Å². The van der Waals surface area contributed by atoms with Crippen LogP contribution in [0.1, 0.15) is 109 Å². The Balaban J connectivity index is 1.64. The first kappa shape index (κ1) is 32.9. The molecule has 0 bridgehead atoms. The second kappa shape index (κ2) is 18.9. The highest BCUT2D eigenvalue weighted by atomic mass is 16.5. The molecule has 0 saturated heterocycles. The lowest BCUT2D eigenvalue weighted by molar-refractivity contribution is -0.154. The molecule has 0 aliphatic rings. The van der Waals surface area contributed by atoms with Crippen LogP contribution in [0, 0.1) is 16.7 Å². The highest BCUT2D eigenvalue weighted by Crippen LogP contribution is 2.23. The SMILES string of the molecule is CCCCCCOc1ccc(/C(C#N)=C/c2ccc(OCCCCCCCCOC(=O)C(C)(C)CC)cc2)cc1. The maximum Gasteiger partial charge on any atom is 0.311 e. The Labute approximate surface area is 242 Å². The quantitative estimate of drug-likeness (QED) is 0.0715. The number of rotatable bonds is 20. The molecule has 2 aromatic rings. The highest BCUT2D eigenvalue weighted by molar-refractivity contribution is 5.89. The van der Waals surface area contributed by atoms with Crippen molar-refractivity contribution in [3.63, 3.8) is 0 Å². The van der Waals surface area contributed by atoms with E-state index in [4.69, 9.17) is 14.2 Å². The van der Waals surface area contributed by atoms with Gasteiger partial charge in [0.1, 0.15) is 11.5 Å². The Morgan fingerprint density at radius 1 is 0.750 bits per heavy atom. The fourth-order valence-corrected chi connectivity index (χ4v) is 4.06. The summed E-state index contributed by atoms with van der Waals surface area (Å²) < 4.78 is 17.1. The number of allylic oxidation sites excluding steroid dienone is 1. The van der Waals surface area contributed by atoms with Gasteiger partial charge in [0.05, 0.1) is 36.9 Å². The maximum absolute atomic E-state index is 12.0. The molecule has 0 aliphatic heterocycles. The summed E-state index contributed by atoms with van der Waals surface area (Å²) in [5.41, 5.74) is 2.07. The Kier molecular flexibility index (Phi) is 15.6. The summed E-state index contributed by atoms with van der Waals surface area (Å²) >= 11 is 0. The van der Waals surface area contributed by atoms with E-state index in [1.807, 2.05) is 75.4 Å². The third-order valence-corrected chi connectivity index (χ3v) is 7.22. The van der Waals surface area contributed by atoms with Crippen molar-refractivity contribution in [1.29, 1.82) is 5.26 Å². The molecule has 0 heterocycles. The monoisotopic (exact) mass is 547 g/mol. The van der Waals surface area contributed by atoms with Gasteiger partial charge in [-0.05, 0) is 93.1 Å². The third-order valence-electron chi connectivity index (χ3n) is 7.22. The first-order chi connectivity index (χ1) is 19.4. The molecule has 2 rings (SSSR count). The van der Waals surface area contributed by atoms with Crippen molar-refractivity contribution in [2.45, 2.75) is 98.3 Å². The van der Waals surface area contributed by atoms with Crippen molar-refractivity contribution >= 4 is 17.6 Å². The largest absolute Gasteiger partial charge is 0.494 e. The summed E-state index contributed by atoms with van der Waals surface area (Å²) in [6, 6.07) is 17.9. The van der Waals surface area contributed by atoms with E-state index in [0.717, 1.165) is 80.6 Å². The van der Waals surface area contributed by atoms with Gasteiger partial charge in [-0.15, -0.1) is 0 Å². The molecule has 0 aliphatic carbocycles. The fraction of sp³-hybridized carbons (Fsp3) is 0.543. The summed E-state index contributed by atoms with van der Waals surface area (Å²) in [5.74, 6) is 1.59. The van der Waals surface area contributed by atoms with E-state index < -0.39 is 0 Å². The first-order valence-corrected chi connectivity index (χ1v) is 15.1. The standard InChI is InChI=1S/C35H49NO4/c1-5-7-8-13-24-39-33-22-18-30(19-23-33)31(28-36)27-29-16-20-32(21-17-29)38-25-14-11-9-10-12-15-26-40-34(37)35(3,4)6-2/h16-23,27H,5-15,24-26H2,1-4H3/b31-27+. The minimum absolute atomic E-state index is 0.0920. The summed E-state index contributed by atoms with van der Waals surface area (Å²) in [5, 5.41) is 9.70. The minimum atomic E-state index is -0.383. The Bertz CT molecular complexity index is 1050. The van der Waals surface area contributed by atoms with Gasteiger partial charge in [-0.1, -0.05) is 70.9 Å². The second-order valence-corrected chi connectivity index (χ2v) is 11.0. The van der Waals surface area contributed by atoms with E-state index in [2.05, 4.69) is 13.0 Å². The molecule has 2 aromatic carbocycles. The molecule has 40 heavy (non-hydrogen) atoms. The van der Waals surface area contributed by atoms with E-state index in [9.17, 15) is 10.1 Å². The number of nitriles is 1. The van der Waals surface area contributed by atoms with Crippen LogP contribution in [-0.4, -0.2) is 25.8 Å². The smallest absolute Gasteiger partial charge is 0.311 e. The number of hydrogen-bond acceptors (Lipinski definition) is 5. The van der Waals surface area contributed by atoms with Crippen molar-refractivity contribution < 1.29 is 19.0 Å². The minimum Gasteiger partial charge on any atom is -0.494 e. The van der Waals surface area contributed by atoms with Gasteiger partial charge in [0.2, 0.25) is 0 Å². The van der Waals surface area contributed by atoms with Crippen LogP contribution < -0.4 is 9.47 Å². The number of hydrogen-bond donors (Lipinski definition) is 0. The fourth-order valence-electron chi connectivity index (χ4n) is 4.06.